The molecular weight excluding hydrogens is 254 g/mol. The van der Waals surface area contributed by atoms with Crippen molar-refractivity contribution < 1.29 is 14.6 Å². The molecule has 1 aromatic rings. The summed E-state index contributed by atoms with van der Waals surface area (Å²) in [5, 5.41) is 9.48. The van der Waals surface area contributed by atoms with E-state index in [4.69, 9.17) is 4.74 Å². The molecule has 1 aliphatic heterocycles. The SMILES string of the molecule is O=C(O)C1OCCN(C2CCCC2)C1c1ccccc1. The van der Waals surface area contributed by atoms with E-state index in [1.165, 1.54) is 25.7 Å². The maximum absolute atomic E-state index is 11.5. The van der Waals surface area contributed by atoms with Gasteiger partial charge in [-0.3, -0.25) is 4.90 Å². The van der Waals surface area contributed by atoms with Gasteiger partial charge < -0.3 is 9.84 Å². The smallest absolute Gasteiger partial charge is 0.334 e. The summed E-state index contributed by atoms with van der Waals surface area (Å²) in [5.74, 6) is -0.860. The van der Waals surface area contributed by atoms with Gasteiger partial charge in [0.15, 0.2) is 6.10 Å². The first-order chi connectivity index (χ1) is 9.77. The zero-order valence-corrected chi connectivity index (χ0v) is 11.6. The minimum absolute atomic E-state index is 0.162. The molecule has 1 N–H and O–H groups in total. The van der Waals surface area contributed by atoms with Crippen LogP contribution in [0.4, 0.5) is 0 Å². The summed E-state index contributed by atoms with van der Waals surface area (Å²) in [7, 11) is 0. The normalized spacial score (nSPS) is 28.6. The molecule has 1 saturated carbocycles. The Morgan fingerprint density at radius 2 is 1.90 bits per heavy atom. The molecule has 3 rings (SSSR count). The summed E-state index contributed by atoms with van der Waals surface area (Å²) in [4.78, 5) is 13.9. The predicted octanol–water partition coefficient (Wildman–Crippen LogP) is 2.46. The Kier molecular flexibility index (Phi) is 4.03. The Hall–Kier alpha value is -1.39. The summed E-state index contributed by atoms with van der Waals surface area (Å²) < 4.78 is 5.56. The number of benzene rings is 1. The maximum atomic E-state index is 11.5. The lowest BCUT2D eigenvalue weighted by Gasteiger charge is -2.43. The number of carboxylic acids is 1. The van der Waals surface area contributed by atoms with Crippen molar-refractivity contribution in [3.63, 3.8) is 0 Å². The standard InChI is InChI=1S/C16H21NO3/c18-16(19)15-14(12-6-2-1-3-7-12)17(10-11-20-15)13-8-4-5-9-13/h1-3,6-7,13-15H,4-5,8-11H2,(H,18,19). The first kappa shape index (κ1) is 13.6. The lowest BCUT2D eigenvalue weighted by molar-refractivity contribution is -0.165. The fourth-order valence-corrected chi connectivity index (χ4v) is 3.56. The predicted molar refractivity (Wildman–Crippen MR) is 75.5 cm³/mol. The highest BCUT2D eigenvalue weighted by Crippen LogP contribution is 2.36. The molecule has 4 heteroatoms. The molecule has 2 fully saturated rings. The van der Waals surface area contributed by atoms with Crippen LogP contribution in [-0.4, -0.2) is 41.3 Å². The number of aliphatic carboxylic acids is 1. The van der Waals surface area contributed by atoms with E-state index in [1.807, 2.05) is 30.3 Å². The molecule has 0 radical (unpaired) electrons. The molecule has 4 nitrogen and oxygen atoms in total. The fourth-order valence-electron chi connectivity index (χ4n) is 3.56. The molecular formula is C16H21NO3. The third-order valence-corrected chi connectivity index (χ3v) is 4.47. The van der Waals surface area contributed by atoms with E-state index in [-0.39, 0.29) is 6.04 Å². The highest BCUT2D eigenvalue weighted by atomic mass is 16.5. The Balaban J connectivity index is 1.92. The molecule has 2 aliphatic rings. The van der Waals surface area contributed by atoms with E-state index in [2.05, 4.69) is 4.90 Å². The first-order valence-electron chi connectivity index (χ1n) is 7.42. The van der Waals surface area contributed by atoms with Crippen molar-refractivity contribution in [1.82, 2.24) is 4.90 Å². The molecule has 0 spiro atoms. The molecule has 0 amide bonds. The largest absolute Gasteiger partial charge is 0.479 e. The lowest BCUT2D eigenvalue weighted by Crippen LogP contribution is -2.51. The zero-order valence-electron chi connectivity index (χ0n) is 11.6. The number of hydrogen-bond donors (Lipinski definition) is 1. The van der Waals surface area contributed by atoms with Crippen molar-refractivity contribution in [2.45, 2.75) is 43.9 Å². The number of ether oxygens (including phenoxy) is 1. The molecule has 1 heterocycles. The number of nitrogens with zero attached hydrogens (tertiary/aromatic N) is 1. The van der Waals surface area contributed by atoms with Gasteiger partial charge in [0.2, 0.25) is 0 Å². The fraction of sp³-hybridized carbons (Fsp3) is 0.562. The Morgan fingerprint density at radius 1 is 1.20 bits per heavy atom. The summed E-state index contributed by atoms with van der Waals surface area (Å²) in [5.41, 5.74) is 1.05. The monoisotopic (exact) mass is 275 g/mol. The molecule has 1 aliphatic carbocycles. The summed E-state index contributed by atoms with van der Waals surface area (Å²) in [6, 6.07) is 10.3. The van der Waals surface area contributed by atoms with Crippen LogP contribution in [0.3, 0.4) is 0 Å². The van der Waals surface area contributed by atoms with Crippen LogP contribution in [-0.2, 0) is 9.53 Å². The van der Waals surface area contributed by atoms with Gasteiger partial charge in [-0.1, -0.05) is 43.2 Å². The van der Waals surface area contributed by atoms with Gasteiger partial charge in [-0.15, -0.1) is 0 Å². The molecule has 0 aromatic heterocycles. The quantitative estimate of drug-likeness (QED) is 0.920. The van der Waals surface area contributed by atoms with Crippen LogP contribution >= 0.6 is 0 Å². The second kappa shape index (κ2) is 5.94. The van der Waals surface area contributed by atoms with Crippen LogP contribution in [0.5, 0.6) is 0 Å². The van der Waals surface area contributed by atoms with Crippen LogP contribution in [0, 0.1) is 0 Å². The van der Waals surface area contributed by atoms with E-state index < -0.39 is 12.1 Å². The van der Waals surface area contributed by atoms with Gasteiger partial charge in [0.25, 0.3) is 0 Å². The van der Waals surface area contributed by atoms with Crippen LogP contribution in [0.1, 0.15) is 37.3 Å². The van der Waals surface area contributed by atoms with Gasteiger partial charge >= 0.3 is 5.97 Å². The van der Waals surface area contributed by atoms with Crippen molar-refractivity contribution in [1.29, 1.82) is 0 Å². The van der Waals surface area contributed by atoms with Crippen LogP contribution in [0.25, 0.3) is 0 Å². The average molecular weight is 275 g/mol. The number of carboxylic acid groups (broad SMARTS) is 1. The Bertz CT molecular complexity index is 456. The average Bonchev–Trinajstić information content (AvgIpc) is 3.01. The summed E-state index contributed by atoms with van der Waals surface area (Å²) >= 11 is 0. The van der Waals surface area contributed by atoms with Crippen molar-refractivity contribution in [3.05, 3.63) is 35.9 Å². The molecule has 1 saturated heterocycles. The van der Waals surface area contributed by atoms with Crippen molar-refractivity contribution in [2.24, 2.45) is 0 Å². The topological polar surface area (TPSA) is 49.8 Å². The Morgan fingerprint density at radius 3 is 2.55 bits per heavy atom. The zero-order chi connectivity index (χ0) is 13.9. The van der Waals surface area contributed by atoms with Gasteiger partial charge in [-0.25, -0.2) is 4.79 Å². The minimum atomic E-state index is -0.860. The molecule has 2 unspecified atom stereocenters. The van der Waals surface area contributed by atoms with Crippen LogP contribution in [0.2, 0.25) is 0 Å². The van der Waals surface area contributed by atoms with E-state index in [0.717, 1.165) is 12.1 Å². The second-order valence-corrected chi connectivity index (χ2v) is 5.66. The first-order valence-corrected chi connectivity index (χ1v) is 7.42. The maximum Gasteiger partial charge on any atom is 0.334 e. The molecule has 20 heavy (non-hydrogen) atoms. The van der Waals surface area contributed by atoms with Crippen molar-refractivity contribution in [2.75, 3.05) is 13.2 Å². The number of carbonyl (C=O) groups is 1. The second-order valence-electron chi connectivity index (χ2n) is 5.66. The van der Waals surface area contributed by atoms with Gasteiger partial charge in [0.1, 0.15) is 0 Å². The van der Waals surface area contributed by atoms with Crippen LogP contribution < -0.4 is 0 Å². The minimum Gasteiger partial charge on any atom is -0.479 e. The number of rotatable bonds is 3. The highest BCUT2D eigenvalue weighted by Gasteiger charge is 2.41. The number of morpholine rings is 1. The van der Waals surface area contributed by atoms with E-state index >= 15 is 0 Å². The third kappa shape index (κ3) is 2.58. The molecule has 108 valence electrons. The third-order valence-electron chi connectivity index (χ3n) is 4.47. The Labute approximate surface area is 119 Å². The van der Waals surface area contributed by atoms with Crippen LogP contribution in [0.15, 0.2) is 30.3 Å². The number of hydrogen-bond acceptors (Lipinski definition) is 3. The van der Waals surface area contributed by atoms with E-state index in [0.29, 0.717) is 12.6 Å². The molecule has 2 atom stereocenters. The molecule has 1 aromatic carbocycles. The highest BCUT2D eigenvalue weighted by molar-refractivity contribution is 5.74. The van der Waals surface area contributed by atoms with Gasteiger partial charge in [-0.05, 0) is 18.4 Å². The van der Waals surface area contributed by atoms with Gasteiger partial charge in [0, 0.05) is 12.6 Å². The van der Waals surface area contributed by atoms with Crippen molar-refractivity contribution in [3.8, 4) is 0 Å². The summed E-state index contributed by atoms with van der Waals surface area (Å²) in [6.45, 7) is 1.34. The van der Waals surface area contributed by atoms with Gasteiger partial charge in [-0.2, -0.15) is 0 Å². The van der Waals surface area contributed by atoms with E-state index in [1.54, 1.807) is 0 Å². The van der Waals surface area contributed by atoms with E-state index in [9.17, 15) is 9.90 Å². The lowest BCUT2D eigenvalue weighted by atomic mass is 9.96. The van der Waals surface area contributed by atoms with Gasteiger partial charge in [0.05, 0.1) is 12.6 Å². The van der Waals surface area contributed by atoms with Crippen molar-refractivity contribution >= 4 is 5.97 Å². The summed E-state index contributed by atoms with van der Waals surface area (Å²) in [6.07, 6.45) is 4.10. The molecule has 0 bridgehead atoms.